The van der Waals surface area contributed by atoms with Crippen LogP contribution in [0.1, 0.15) is 45.7 Å². The van der Waals surface area contributed by atoms with Crippen molar-refractivity contribution in [2.75, 3.05) is 0 Å². The lowest BCUT2D eigenvalue weighted by molar-refractivity contribution is 0.186. The fourth-order valence-corrected chi connectivity index (χ4v) is 1.79. The van der Waals surface area contributed by atoms with E-state index in [9.17, 15) is 0 Å². The average Bonchev–Trinajstić information content (AvgIpc) is 2.54. The number of benzene rings is 1. The summed E-state index contributed by atoms with van der Waals surface area (Å²) < 4.78 is 11.5. The van der Waals surface area contributed by atoms with E-state index < -0.39 is 0 Å². The number of rotatable bonds is 7. The van der Waals surface area contributed by atoms with Gasteiger partial charge in [-0.3, -0.25) is 0 Å². The Hall–Kier alpha value is -2.10. The van der Waals surface area contributed by atoms with Gasteiger partial charge in [0.2, 0.25) is 0 Å². The molecular weight excluding hydrogens is 276 g/mol. The molecule has 1 unspecified atom stereocenters. The predicted octanol–water partition coefficient (Wildman–Crippen LogP) is 4.43. The van der Waals surface area contributed by atoms with Crippen LogP contribution >= 0.6 is 0 Å². The Morgan fingerprint density at radius 2 is 1.55 bits per heavy atom. The lowest BCUT2D eigenvalue weighted by Crippen LogP contribution is -2.12. The van der Waals surface area contributed by atoms with Gasteiger partial charge in [-0.25, -0.2) is 9.97 Å². The first-order valence-electron chi connectivity index (χ1n) is 7.41. The molecule has 0 aliphatic carbocycles. The molecule has 2 aromatic rings. The van der Waals surface area contributed by atoms with Crippen molar-refractivity contribution in [1.82, 2.24) is 9.97 Å². The molecular formula is C18H26N2O2. The molecule has 1 atom stereocenters. The fraction of sp³-hybridized carbons (Fsp3) is 0.444. The number of ether oxygens (including phenoxy) is 2. The zero-order valence-electron chi connectivity index (χ0n) is 12.9. The van der Waals surface area contributed by atoms with Gasteiger partial charge in [0.15, 0.2) is 0 Å². The van der Waals surface area contributed by atoms with Crippen molar-refractivity contribution in [3.05, 3.63) is 47.8 Å². The van der Waals surface area contributed by atoms with Gasteiger partial charge in [-0.05, 0) is 30.9 Å². The average molecular weight is 302 g/mol. The molecule has 1 aromatic heterocycles. The van der Waals surface area contributed by atoms with Crippen LogP contribution in [0.25, 0.3) is 0 Å². The molecule has 0 fully saturated rings. The highest BCUT2D eigenvalue weighted by atomic mass is 16.5. The van der Waals surface area contributed by atoms with Crippen LogP contribution in [-0.2, 0) is 13.0 Å². The number of aryl methyl sites for hydroxylation is 1. The van der Waals surface area contributed by atoms with E-state index in [2.05, 4.69) is 48.1 Å². The second kappa shape index (κ2) is 9.03. The molecule has 0 aliphatic heterocycles. The Balaban J connectivity index is 0.00000242. The third kappa shape index (κ3) is 5.02. The Morgan fingerprint density at radius 3 is 2.14 bits per heavy atom. The van der Waals surface area contributed by atoms with Crippen LogP contribution in [0, 0.1) is 0 Å². The molecule has 1 heterocycles. The first-order chi connectivity index (χ1) is 10.2. The molecule has 0 saturated carbocycles. The fourth-order valence-electron chi connectivity index (χ4n) is 1.79. The summed E-state index contributed by atoms with van der Waals surface area (Å²) in [4.78, 5) is 8.40. The van der Waals surface area contributed by atoms with Gasteiger partial charge < -0.3 is 9.47 Å². The Morgan fingerprint density at radius 1 is 0.955 bits per heavy atom. The minimum absolute atomic E-state index is 0. The van der Waals surface area contributed by atoms with Crippen molar-refractivity contribution >= 4 is 0 Å². The van der Waals surface area contributed by atoms with E-state index in [1.54, 1.807) is 12.4 Å². The molecule has 22 heavy (non-hydrogen) atoms. The summed E-state index contributed by atoms with van der Waals surface area (Å²) in [5.74, 6) is 0.898. The molecule has 0 spiro atoms. The normalized spacial score (nSPS) is 11.4. The van der Waals surface area contributed by atoms with Gasteiger partial charge in [0.25, 0.3) is 11.8 Å². The van der Waals surface area contributed by atoms with E-state index in [4.69, 9.17) is 9.47 Å². The van der Waals surface area contributed by atoms with E-state index >= 15 is 0 Å². The van der Waals surface area contributed by atoms with Gasteiger partial charge in [-0.1, -0.05) is 45.5 Å². The third-order valence-corrected chi connectivity index (χ3v) is 3.33. The smallest absolute Gasteiger partial charge is 0.278 e. The van der Waals surface area contributed by atoms with Gasteiger partial charge in [0, 0.05) is 12.4 Å². The molecule has 120 valence electrons. The zero-order chi connectivity index (χ0) is 15.1. The van der Waals surface area contributed by atoms with E-state index in [-0.39, 0.29) is 13.5 Å². The molecule has 0 saturated heterocycles. The van der Waals surface area contributed by atoms with Crippen LogP contribution in [0.4, 0.5) is 0 Å². The molecule has 4 nitrogen and oxygen atoms in total. The second-order valence-electron chi connectivity index (χ2n) is 4.96. The summed E-state index contributed by atoms with van der Waals surface area (Å²) in [6, 6.07) is 8.38. The first kappa shape index (κ1) is 18.0. The SMILES string of the molecule is C.CCc1ccc(COc2nccnc2OC(C)CC)cc1. The van der Waals surface area contributed by atoms with Crippen LogP contribution in [0.5, 0.6) is 11.8 Å². The number of hydrogen-bond acceptors (Lipinski definition) is 4. The minimum atomic E-state index is 0. The lowest BCUT2D eigenvalue weighted by Gasteiger charge is -2.14. The maximum absolute atomic E-state index is 5.74. The Labute approximate surface area is 133 Å². The van der Waals surface area contributed by atoms with Crippen LogP contribution in [0.15, 0.2) is 36.7 Å². The standard InChI is InChI=1S/C17H22N2O2.CH4/c1-4-13(3)21-17-16(18-10-11-19-17)20-12-15-8-6-14(5-2)7-9-15;/h6-11,13H,4-5,12H2,1-3H3;1H4. The lowest BCUT2D eigenvalue weighted by atomic mass is 10.1. The highest BCUT2D eigenvalue weighted by Crippen LogP contribution is 2.23. The second-order valence-corrected chi connectivity index (χ2v) is 4.96. The number of nitrogens with zero attached hydrogens (tertiary/aromatic N) is 2. The van der Waals surface area contributed by atoms with E-state index in [1.807, 2.05) is 6.92 Å². The van der Waals surface area contributed by atoms with Crippen LogP contribution in [0.2, 0.25) is 0 Å². The van der Waals surface area contributed by atoms with Gasteiger partial charge in [0.1, 0.15) is 6.61 Å². The monoisotopic (exact) mass is 302 g/mol. The van der Waals surface area contributed by atoms with Crippen LogP contribution < -0.4 is 9.47 Å². The van der Waals surface area contributed by atoms with E-state index in [1.165, 1.54) is 5.56 Å². The van der Waals surface area contributed by atoms with Crippen molar-refractivity contribution in [1.29, 1.82) is 0 Å². The molecule has 1 aromatic carbocycles. The third-order valence-electron chi connectivity index (χ3n) is 3.33. The highest BCUT2D eigenvalue weighted by molar-refractivity contribution is 5.26. The summed E-state index contributed by atoms with van der Waals surface area (Å²) in [6.45, 7) is 6.67. The number of hydrogen-bond donors (Lipinski definition) is 0. The highest BCUT2D eigenvalue weighted by Gasteiger charge is 2.11. The topological polar surface area (TPSA) is 44.2 Å². The quantitative estimate of drug-likeness (QED) is 0.759. The van der Waals surface area contributed by atoms with Gasteiger partial charge >= 0.3 is 0 Å². The van der Waals surface area contributed by atoms with Crippen molar-refractivity contribution in [3.63, 3.8) is 0 Å². The summed E-state index contributed by atoms with van der Waals surface area (Å²) in [6.07, 6.45) is 5.26. The van der Waals surface area contributed by atoms with Crippen molar-refractivity contribution in [2.24, 2.45) is 0 Å². The largest absolute Gasteiger partial charge is 0.471 e. The van der Waals surface area contributed by atoms with Crippen LogP contribution in [-0.4, -0.2) is 16.1 Å². The molecule has 0 aliphatic rings. The summed E-state index contributed by atoms with van der Waals surface area (Å²) in [5.41, 5.74) is 2.42. The first-order valence-corrected chi connectivity index (χ1v) is 7.41. The van der Waals surface area contributed by atoms with Crippen molar-refractivity contribution < 1.29 is 9.47 Å². The van der Waals surface area contributed by atoms with Crippen LogP contribution in [0.3, 0.4) is 0 Å². The summed E-state index contributed by atoms with van der Waals surface area (Å²) in [5, 5.41) is 0. The van der Waals surface area contributed by atoms with Gasteiger partial charge in [-0.2, -0.15) is 0 Å². The molecule has 2 rings (SSSR count). The number of aromatic nitrogens is 2. The summed E-state index contributed by atoms with van der Waals surface area (Å²) >= 11 is 0. The summed E-state index contributed by atoms with van der Waals surface area (Å²) in [7, 11) is 0. The maximum Gasteiger partial charge on any atom is 0.278 e. The van der Waals surface area contributed by atoms with Crippen molar-refractivity contribution in [3.8, 4) is 11.8 Å². The van der Waals surface area contributed by atoms with Gasteiger partial charge in [0.05, 0.1) is 6.10 Å². The van der Waals surface area contributed by atoms with E-state index in [0.717, 1.165) is 18.4 Å². The zero-order valence-corrected chi connectivity index (χ0v) is 12.9. The molecule has 4 heteroatoms. The molecule has 0 amide bonds. The molecule has 0 N–H and O–H groups in total. The molecule has 0 radical (unpaired) electrons. The van der Waals surface area contributed by atoms with Crippen molar-refractivity contribution in [2.45, 2.75) is 53.8 Å². The minimum Gasteiger partial charge on any atom is -0.471 e. The predicted molar refractivity (Wildman–Crippen MR) is 89.3 cm³/mol. The van der Waals surface area contributed by atoms with E-state index in [0.29, 0.717) is 18.4 Å². The molecule has 0 bridgehead atoms. The maximum atomic E-state index is 5.74. The Kier molecular flexibility index (Phi) is 7.37. The van der Waals surface area contributed by atoms with Gasteiger partial charge in [-0.15, -0.1) is 0 Å². The Bertz CT molecular complexity index is 555.